The van der Waals surface area contributed by atoms with E-state index in [9.17, 15) is 0 Å². The Morgan fingerprint density at radius 1 is 0.452 bits per heavy atom. The highest BCUT2D eigenvalue weighted by atomic mass is 31.1. The highest BCUT2D eigenvalue weighted by Gasteiger charge is 2.10. The van der Waals surface area contributed by atoms with E-state index in [-0.39, 0.29) is 7.92 Å². The molecule has 0 saturated carbocycles. The van der Waals surface area contributed by atoms with E-state index < -0.39 is 0 Å². The van der Waals surface area contributed by atoms with Crippen LogP contribution in [0.15, 0.2) is 72.8 Å². The van der Waals surface area contributed by atoms with Gasteiger partial charge in [-0.3, -0.25) is 0 Å². The summed E-state index contributed by atoms with van der Waals surface area (Å²) in [5.74, 6) is 2.76. The Morgan fingerprint density at radius 3 is 0.935 bits per heavy atom. The lowest BCUT2D eigenvalue weighted by atomic mass is 10.2. The van der Waals surface area contributed by atoms with Crippen molar-refractivity contribution in [3.05, 3.63) is 89.5 Å². The first kappa shape index (κ1) is 23.2. The molecule has 4 heteroatoms. The summed E-state index contributed by atoms with van der Waals surface area (Å²) in [6.45, 7) is 0. The maximum Gasteiger partial charge on any atom is 0.118 e. The minimum atomic E-state index is -0.0593. The Labute approximate surface area is 188 Å². The fourth-order valence-electron chi connectivity index (χ4n) is 3.57. The molecule has 0 radical (unpaired) electrons. The first-order chi connectivity index (χ1) is 15.2. The van der Waals surface area contributed by atoms with Crippen LogP contribution in [0.4, 0.5) is 0 Å². The number of hydrogen-bond acceptors (Lipinski definition) is 3. The van der Waals surface area contributed by atoms with Gasteiger partial charge in [0.05, 0.1) is 21.3 Å². The molecule has 31 heavy (non-hydrogen) atoms. The van der Waals surface area contributed by atoms with Gasteiger partial charge in [0.1, 0.15) is 17.2 Å². The minimum Gasteiger partial charge on any atom is -0.497 e. The van der Waals surface area contributed by atoms with E-state index in [1.807, 2.05) is 0 Å². The van der Waals surface area contributed by atoms with E-state index in [2.05, 4.69) is 72.8 Å². The second-order valence-corrected chi connectivity index (χ2v) is 10.3. The van der Waals surface area contributed by atoms with Crippen molar-refractivity contribution in [3.63, 3.8) is 0 Å². The Morgan fingerprint density at radius 2 is 0.710 bits per heavy atom. The van der Waals surface area contributed by atoms with Crippen LogP contribution in [0.25, 0.3) is 0 Å². The normalized spacial score (nSPS) is 10.8. The molecule has 0 bridgehead atoms. The molecular weight excluding hydrogens is 403 g/mol. The zero-order valence-corrected chi connectivity index (χ0v) is 19.7. The van der Waals surface area contributed by atoms with Crippen LogP contribution in [0.5, 0.6) is 17.2 Å². The number of aryl methyl sites for hydroxylation is 3. The topological polar surface area (TPSA) is 27.7 Å². The van der Waals surface area contributed by atoms with Crippen LogP contribution < -0.4 is 14.2 Å². The van der Waals surface area contributed by atoms with E-state index in [4.69, 9.17) is 14.2 Å². The average Bonchev–Trinajstić information content (AvgIpc) is 2.84. The van der Waals surface area contributed by atoms with Crippen molar-refractivity contribution in [2.45, 2.75) is 19.3 Å². The lowest BCUT2D eigenvalue weighted by Crippen LogP contribution is -2.03. The van der Waals surface area contributed by atoms with Crippen LogP contribution in [0, 0.1) is 0 Å². The largest absolute Gasteiger partial charge is 0.497 e. The van der Waals surface area contributed by atoms with Crippen LogP contribution in [0.2, 0.25) is 0 Å². The number of ether oxygens (including phenoxy) is 3. The molecule has 0 spiro atoms. The predicted octanol–water partition coefficient (Wildman–Crippen LogP) is 6.22. The highest BCUT2D eigenvalue weighted by Crippen LogP contribution is 2.38. The Kier molecular flexibility index (Phi) is 9.24. The van der Waals surface area contributed by atoms with Gasteiger partial charge in [0.25, 0.3) is 0 Å². The van der Waals surface area contributed by atoms with Crippen LogP contribution >= 0.6 is 7.92 Å². The van der Waals surface area contributed by atoms with Gasteiger partial charge in [-0.2, -0.15) is 0 Å². The van der Waals surface area contributed by atoms with Crippen molar-refractivity contribution in [2.24, 2.45) is 0 Å². The lowest BCUT2D eigenvalue weighted by Gasteiger charge is -2.18. The molecule has 0 saturated heterocycles. The van der Waals surface area contributed by atoms with Gasteiger partial charge in [-0.25, -0.2) is 0 Å². The van der Waals surface area contributed by atoms with Gasteiger partial charge in [-0.15, -0.1) is 7.92 Å². The SMILES string of the molecule is COc1ccc(CCP(CCc2ccc(OC)cc2)CCc2ccc(OC)cc2)cc1. The first-order valence-corrected chi connectivity index (χ1v) is 12.7. The van der Waals surface area contributed by atoms with Gasteiger partial charge in [-0.1, -0.05) is 36.4 Å². The van der Waals surface area contributed by atoms with Crippen molar-refractivity contribution in [2.75, 3.05) is 39.8 Å². The summed E-state index contributed by atoms with van der Waals surface area (Å²) < 4.78 is 15.9. The summed E-state index contributed by atoms with van der Waals surface area (Å²) in [4.78, 5) is 0. The minimum absolute atomic E-state index is 0.0593. The molecule has 0 aliphatic carbocycles. The molecule has 0 atom stereocenters. The Balaban J connectivity index is 1.59. The average molecular weight is 437 g/mol. The summed E-state index contributed by atoms with van der Waals surface area (Å²) in [5, 5.41) is 0. The van der Waals surface area contributed by atoms with Crippen LogP contribution in [0.3, 0.4) is 0 Å². The second kappa shape index (κ2) is 12.4. The molecule has 0 aliphatic rings. The molecule has 0 N–H and O–H groups in total. The molecule has 0 aromatic heterocycles. The standard InChI is InChI=1S/C27H33O3P/c1-28-25-10-4-22(5-11-25)16-19-31(20-17-23-6-12-26(29-2)13-7-23)21-18-24-8-14-27(30-3)15-9-24/h4-15H,16-21H2,1-3H3. The Hall–Kier alpha value is -2.51. The molecule has 0 fully saturated rings. The van der Waals surface area contributed by atoms with Crippen molar-refractivity contribution >= 4 is 7.92 Å². The van der Waals surface area contributed by atoms with Gasteiger partial charge >= 0.3 is 0 Å². The van der Waals surface area contributed by atoms with Crippen LogP contribution in [-0.4, -0.2) is 39.8 Å². The van der Waals surface area contributed by atoms with Gasteiger partial charge < -0.3 is 14.2 Å². The number of methoxy groups -OCH3 is 3. The Bertz CT molecular complexity index is 767. The van der Waals surface area contributed by atoms with E-state index in [0.29, 0.717) is 0 Å². The van der Waals surface area contributed by atoms with Gasteiger partial charge in [0, 0.05) is 0 Å². The first-order valence-electron chi connectivity index (χ1n) is 10.8. The monoisotopic (exact) mass is 436 g/mol. The molecule has 3 nitrogen and oxygen atoms in total. The van der Waals surface area contributed by atoms with E-state index in [1.54, 1.807) is 21.3 Å². The lowest BCUT2D eigenvalue weighted by molar-refractivity contribution is 0.414. The molecule has 0 heterocycles. The van der Waals surface area contributed by atoms with Gasteiger partial charge in [0.2, 0.25) is 0 Å². The molecule has 0 aliphatic heterocycles. The molecular formula is C27H33O3P. The number of hydrogen-bond donors (Lipinski definition) is 0. The summed E-state index contributed by atoms with van der Waals surface area (Å²) in [7, 11) is 5.09. The summed E-state index contributed by atoms with van der Waals surface area (Å²) >= 11 is 0. The molecule has 3 aromatic carbocycles. The molecule has 0 unspecified atom stereocenters. The third kappa shape index (κ3) is 7.60. The highest BCUT2D eigenvalue weighted by molar-refractivity contribution is 7.57. The van der Waals surface area contributed by atoms with Crippen molar-refractivity contribution in [1.82, 2.24) is 0 Å². The molecule has 0 amide bonds. The van der Waals surface area contributed by atoms with Crippen molar-refractivity contribution < 1.29 is 14.2 Å². The van der Waals surface area contributed by atoms with E-state index >= 15 is 0 Å². The van der Waals surface area contributed by atoms with Crippen molar-refractivity contribution in [3.8, 4) is 17.2 Å². The van der Waals surface area contributed by atoms with Crippen LogP contribution in [0.1, 0.15) is 16.7 Å². The summed E-state index contributed by atoms with van der Waals surface area (Å²) in [6.07, 6.45) is 7.15. The zero-order valence-electron chi connectivity index (χ0n) is 18.8. The molecule has 3 aromatic rings. The third-order valence-corrected chi connectivity index (χ3v) is 8.20. The third-order valence-electron chi connectivity index (χ3n) is 5.63. The quantitative estimate of drug-likeness (QED) is 0.315. The maximum absolute atomic E-state index is 5.29. The van der Waals surface area contributed by atoms with Gasteiger partial charge in [-0.05, 0) is 90.8 Å². The van der Waals surface area contributed by atoms with E-state index in [0.717, 1.165) is 36.5 Å². The predicted molar refractivity (Wildman–Crippen MR) is 132 cm³/mol. The fourth-order valence-corrected chi connectivity index (χ4v) is 5.97. The summed E-state index contributed by atoms with van der Waals surface area (Å²) in [5.41, 5.74) is 4.17. The molecule has 3 rings (SSSR count). The number of rotatable bonds is 12. The maximum atomic E-state index is 5.29. The number of benzene rings is 3. The zero-order chi connectivity index (χ0) is 21.9. The van der Waals surface area contributed by atoms with Crippen molar-refractivity contribution in [1.29, 1.82) is 0 Å². The van der Waals surface area contributed by atoms with Gasteiger partial charge in [0.15, 0.2) is 0 Å². The fraction of sp³-hybridized carbons (Fsp3) is 0.333. The van der Waals surface area contributed by atoms with Crippen LogP contribution in [-0.2, 0) is 19.3 Å². The smallest absolute Gasteiger partial charge is 0.118 e. The molecule has 164 valence electrons. The van der Waals surface area contributed by atoms with E-state index in [1.165, 1.54) is 35.2 Å². The second-order valence-electron chi connectivity index (χ2n) is 7.64. The summed E-state index contributed by atoms with van der Waals surface area (Å²) in [6, 6.07) is 25.5.